The average Bonchev–Trinajstić information content (AvgIpc) is 3.37. The molecule has 6 nitrogen and oxygen atoms in total. The molecule has 0 bridgehead atoms. The first-order chi connectivity index (χ1) is 13.5. The minimum Gasteiger partial charge on any atom is -0.326 e. The monoisotopic (exact) mass is 394 g/mol. The highest BCUT2D eigenvalue weighted by Crippen LogP contribution is 2.42. The molecule has 1 fully saturated rings. The first-order valence-corrected chi connectivity index (χ1v) is 9.77. The van der Waals surface area contributed by atoms with Crippen LogP contribution in [-0.2, 0) is 9.59 Å². The lowest BCUT2D eigenvalue weighted by molar-refractivity contribution is -0.124. The van der Waals surface area contributed by atoms with Crippen LogP contribution in [0.5, 0.6) is 0 Å². The Labute approximate surface area is 167 Å². The molecule has 7 heteroatoms. The van der Waals surface area contributed by atoms with Crippen LogP contribution in [0.4, 0.5) is 11.6 Å². The molecule has 2 amide bonds. The third-order valence-corrected chi connectivity index (χ3v) is 5.78. The Bertz CT molecular complexity index is 1120. The Morgan fingerprint density at radius 2 is 2.04 bits per heavy atom. The standard InChI is InChI=1S/C21H19ClN4O2/c1-12-6-7-13(10-15(12)22)23-19(27)11-18-20(28)25(14-8-9-14)21-24-16-4-2-3-5-17(16)26(18)21/h2-7,10,14,18H,8-9,11H2,1H3,(H,23,27). The summed E-state index contributed by atoms with van der Waals surface area (Å²) < 4.78 is 1.91. The number of nitrogens with one attached hydrogen (secondary N) is 1. The van der Waals surface area contributed by atoms with Crippen LogP contribution in [0.1, 0.15) is 30.9 Å². The molecule has 1 aromatic heterocycles. The molecule has 0 saturated heterocycles. The molecular formula is C21H19ClN4O2. The molecule has 2 aliphatic rings. The van der Waals surface area contributed by atoms with Gasteiger partial charge in [0, 0.05) is 16.8 Å². The van der Waals surface area contributed by atoms with E-state index in [9.17, 15) is 9.59 Å². The maximum Gasteiger partial charge on any atom is 0.253 e. The van der Waals surface area contributed by atoms with E-state index in [1.807, 2.05) is 47.9 Å². The SMILES string of the molecule is Cc1ccc(NC(=O)CC2C(=O)N(C3CC3)c3nc4ccccc4n32)cc1Cl. The second kappa shape index (κ2) is 6.34. The molecule has 0 radical (unpaired) electrons. The number of fused-ring (bicyclic) bond motifs is 3. The van der Waals surface area contributed by atoms with Crippen LogP contribution in [0.15, 0.2) is 42.5 Å². The number of hydrogen-bond donors (Lipinski definition) is 1. The topological polar surface area (TPSA) is 67.2 Å². The van der Waals surface area contributed by atoms with Crippen molar-refractivity contribution in [2.75, 3.05) is 10.2 Å². The Morgan fingerprint density at radius 3 is 2.79 bits per heavy atom. The highest BCUT2D eigenvalue weighted by Gasteiger charge is 2.47. The first kappa shape index (κ1) is 17.3. The normalized spacial score (nSPS) is 18.6. The van der Waals surface area contributed by atoms with E-state index >= 15 is 0 Å². The largest absolute Gasteiger partial charge is 0.326 e. The second-order valence-electron chi connectivity index (χ2n) is 7.44. The average molecular weight is 395 g/mol. The van der Waals surface area contributed by atoms with Crippen molar-refractivity contribution in [3.63, 3.8) is 0 Å². The molecule has 1 unspecified atom stereocenters. The van der Waals surface area contributed by atoms with E-state index < -0.39 is 6.04 Å². The van der Waals surface area contributed by atoms with Gasteiger partial charge in [-0.3, -0.25) is 19.1 Å². The highest BCUT2D eigenvalue weighted by molar-refractivity contribution is 6.31. The fourth-order valence-electron chi connectivity index (χ4n) is 3.79. The molecule has 3 aromatic rings. The Morgan fingerprint density at radius 1 is 1.25 bits per heavy atom. The number of rotatable bonds is 4. The number of para-hydroxylation sites is 2. The number of aryl methyl sites for hydroxylation is 1. The van der Waals surface area contributed by atoms with Crippen molar-refractivity contribution >= 4 is 46.1 Å². The molecule has 142 valence electrons. The third-order valence-electron chi connectivity index (χ3n) is 5.37. The summed E-state index contributed by atoms with van der Waals surface area (Å²) in [6, 6.07) is 12.7. The quantitative estimate of drug-likeness (QED) is 0.725. The molecular weight excluding hydrogens is 376 g/mol. The number of amides is 2. The van der Waals surface area contributed by atoms with Gasteiger partial charge in [0.15, 0.2) is 0 Å². The van der Waals surface area contributed by atoms with Crippen LogP contribution < -0.4 is 10.2 Å². The van der Waals surface area contributed by atoms with Gasteiger partial charge in [-0.15, -0.1) is 0 Å². The molecule has 1 aliphatic carbocycles. The number of carbonyl (C=O) groups is 2. The van der Waals surface area contributed by atoms with Gasteiger partial charge >= 0.3 is 0 Å². The van der Waals surface area contributed by atoms with Gasteiger partial charge in [-0.2, -0.15) is 0 Å². The summed E-state index contributed by atoms with van der Waals surface area (Å²) in [6.45, 7) is 1.91. The maximum absolute atomic E-state index is 13.1. The number of anilines is 2. The number of aromatic nitrogens is 2. The highest BCUT2D eigenvalue weighted by atomic mass is 35.5. The second-order valence-corrected chi connectivity index (χ2v) is 7.85. The summed E-state index contributed by atoms with van der Waals surface area (Å²) in [6.07, 6.45) is 2.02. The van der Waals surface area contributed by atoms with E-state index in [0.29, 0.717) is 16.7 Å². The zero-order chi connectivity index (χ0) is 19.4. The number of benzene rings is 2. The summed E-state index contributed by atoms with van der Waals surface area (Å²) in [4.78, 5) is 32.3. The van der Waals surface area contributed by atoms with Crippen LogP contribution in [0.3, 0.4) is 0 Å². The Balaban J connectivity index is 1.45. The number of halogens is 1. The van der Waals surface area contributed by atoms with Crippen LogP contribution in [0.2, 0.25) is 5.02 Å². The number of nitrogens with zero attached hydrogens (tertiary/aromatic N) is 3. The molecule has 1 saturated carbocycles. The van der Waals surface area contributed by atoms with Crippen molar-refractivity contribution < 1.29 is 9.59 Å². The van der Waals surface area contributed by atoms with Crippen LogP contribution >= 0.6 is 11.6 Å². The minimum atomic E-state index is -0.580. The van der Waals surface area contributed by atoms with Gasteiger partial charge in [-0.25, -0.2) is 4.98 Å². The van der Waals surface area contributed by atoms with E-state index in [2.05, 4.69) is 10.3 Å². The zero-order valence-corrected chi connectivity index (χ0v) is 16.1. The predicted octanol–water partition coefficient (Wildman–Crippen LogP) is 4.08. The van der Waals surface area contributed by atoms with Crippen molar-refractivity contribution in [2.45, 2.75) is 38.3 Å². The Hall–Kier alpha value is -2.86. The van der Waals surface area contributed by atoms with Gasteiger partial charge in [-0.1, -0.05) is 29.8 Å². The van der Waals surface area contributed by atoms with Gasteiger partial charge in [0.05, 0.1) is 17.5 Å². The molecule has 0 spiro atoms. The van der Waals surface area contributed by atoms with Gasteiger partial charge in [0.2, 0.25) is 11.9 Å². The van der Waals surface area contributed by atoms with E-state index in [-0.39, 0.29) is 24.3 Å². The molecule has 1 N–H and O–H groups in total. The van der Waals surface area contributed by atoms with Crippen LogP contribution in [0, 0.1) is 6.92 Å². The van der Waals surface area contributed by atoms with Crippen LogP contribution in [0.25, 0.3) is 11.0 Å². The van der Waals surface area contributed by atoms with Crippen molar-refractivity contribution in [3.05, 3.63) is 53.1 Å². The minimum absolute atomic E-state index is 0.0483. The summed E-state index contributed by atoms with van der Waals surface area (Å²) in [5.74, 6) is 0.386. The van der Waals surface area contributed by atoms with E-state index in [4.69, 9.17) is 11.6 Å². The lowest BCUT2D eigenvalue weighted by Gasteiger charge is -2.15. The van der Waals surface area contributed by atoms with Gasteiger partial charge in [0.25, 0.3) is 5.91 Å². The maximum atomic E-state index is 13.1. The summed E-state index contributed by atoms with van der Waals surface area (Å²) in [5, 5.41) is 3.46. The fraction of sp³-hybridized carbons (Fsp3) is 0.286. The summed E-state index contributed by atoms with van der Waals surface area (Å²) >= 11 is 6.14. The fourth-order valence-corrected chi connectivity index (χ4v) is 3.97. The molecule has 2 aromatic carbocycles. The number of imidazole rings is 1. The molecule has 28 heavy (non-hydrogen) atoms. The van der Waals surface area contributed by atoms with E-state index in [1.54, 1.807) is 11.0 Å². The molecule has 5 rings (SSSR count). The lowest BCUT2D eigenvalue weighted by Crippen LogP contribution is -2.33. The van der Waals surface area contributed by atoms with Crippen LogP contribution in [-0.4, -0.2) is 27.4 Å². The Kier molecular flexibility index (Phi) is 3.91. The van der Waals surface area contributed by atoms with E-state index in [0.717, 1.165) is 29.4 Å². The lowest BCUT2D eigenvalue weighted by atomic mass is 10.1. The van der Waals surface area contributed by atoms with Crippen molar-refractivity contribution in [1.29, 1.82) is 0 Å². The summed E-state index contributed by atoms with van der Waals surface area (Å²) in [7, 11) is 0. The van der Waals surface area contributed by atoms with E-state index in [1.165, 1.54) is 0 Å². The molecule has 2 heterocycles. The van der Waals surface area contributed by atoms with Gasteiger partial charge < -0.3 is 5.32 Å². The first-order valence-electron chi connectivity index (χ1n) is 9.39. The molecule has 1 aliphatic heterocycles. The zero-order valence-electron chi connectivity index (χ0n) is 15.4. The van der Waals surface area contributed by atoms with Gasteiger partial charge in [-0.05, 0) is 49.6 Å². The van der Waals surface area contributed by atoms with Crippen molar-refractivity contribution in [3.8, 4) is 0 Å². The summed E-state index contributed by atoms with van der Waals surface area (Å²) in [5.41, 5.74) is 3.29. The number of carbonyl (C=O) groups excluding carboxylic acids is 2. The number of hydrogen-bond acceptors (Lipinski definition) is 3. The third kappa shape index (κ3) is 2.76. The van der Waals surface area contributed by atoms with Crippen molar-refractivity contribution in [1.82, 2.24) is 9.55 Å². The smallest absolute Gasteiger partial charge is 0.253 e. The molecule has 1 atom stereocenters. The van der Waals surface area contributed by atoms with Gasteiger partial charge in [0.1, 0.15) is 6.04 Å². The van der Waals surface area contributed by atoms with Crippen molar-refractivity contribution in [2.24, 2.45) is 0 Å². The predicted molar refractivity (Wildman–Crippen MR) is 109 cm³/mol.